The van der Waals surface area contributed by atoms with Gasteiger partial charge in [0.1, 0.15) is 0 Å². The van der Waals surface area contributed by atoms with Crippen LogP contribution in [0.1, 0.15) is 17.3 Å². The lowest BCUT2D eigenvalue weighted by atomic mass is 10.1. The summed E-state index contributed by atoms with van der Waals surface area (Å²) >= 11 is 3.34. The molecule has 0 aliphatic carbocycles. The van der Waals surface area contributed by atoms with Gasteiger partial charge >= 0.3 is 0 Å². The zero-order valence-electron chi connectivity index (χ0n) is 9.65. The smallest absolute Gasteiger partial charge is 0.254 e. The van der Waals surface area contributed by atoms with Gasteiger partial charge < -0.3 is 15.4 Å². The molecule has 2 N–H and O–H groups in total. The SMILES string of the molecule is C[C@@H]1COCCN1C(=O)c1cc(N)cc(Br)c1. The number of hydrogen-bond donors (Lipinski definition) is 1. The molecule has 1 aliphatic rings. The second kappa shape index (κ2) is 5.06. The number of halogens is 1. The third kappa shape index (κ3) is 2.79. The molecular formula is C12H15BrN2O2. The number of morpholine rings is 1. The van der Waals surface area contributed by atoms with Crippen molar-refractivity contribution in [3.8, 4) is 0 Å². The third-order valence-electron chi connectivity index (χ3n) is 2.80. The Bertz CT molecular complexity index is 416. The Morgan fingerprint density at radius 2 is 2.29 bits per heavy atom. The van der Waals surface area contributed by atoms with E-state index in [1.807, 2.05) is 11.8 Å². The zero-order valence-corrected chi connectivity index (χ0v) is 11.2. The van der Waals surface area contributed by atoms with E-state index in [9.17, 15) is 4.79 Å². The number of nitrogens with zero attached hydrogens (tertiary/aromatic N) is 1. The Morgan fingerprint density at radius 1 is 1.53 bits per heavy atom. The molecule has 1 aromatic carbocycles. The van der Waals surface area contributed by atoms with Crippen LogP contribution in [-0.4, -0.2) is 36.6 Å². The van der Waals surface area contributed by atoms with Crippen molar-refractivity contribution in [2.45, 2.75) is 13.0 Å². The van der Waals surface area contributed by atoms with Gasteiger partial charge in [-0.25, -0.2) is 0 Å². The molecule has 17 heavy (non-hydrogen) atoms. The normalized spacial score (nSPS) is 20.4. The minimum absolute atomic E-state index is 0.00815. The van der Waals surface area contributed by atoms with E-state index in [1.165, 1.54) is 0 Å². The van der Waals surface area contributed by atoms with Crippen LogP contribution < -0.4 is 5.73 Å². The van der Waals surface area contributed by atoms with E-state index in [0.717, 1.165) is 4.47 Å². The maximum atomic E-state index is 12.3. The summed E-state index contributed by atoms with van der Waals surface area (Å²) in [7, 11) is 0. The van der Waals surface area contributed by atoms with Crippen molar-refractivity contribution in [3.63, 3.8) is 0 Å². The number of benzene rings is 1. The van der Waals surface area contributed by atoms with E-state index in [1.54, 1.807) is 18.2 Å². The van der Waals surface area contributed by atoms with Gasteiger partial charge in [0.2, 0.25) is 0 Å². The van der Waals surface area contributed by atoms with E-state index >= 15 is 0 Å². The maximum Gasteiger partial charge on any atom is 0.254 e. The van der Waals surface area contributed by atoms with Crippen molar-refractivity contribution < 1.29 is 9.53 Å². The minimum Gasteiger partial charge on any atom is -0.399 e. The summed E-state index contributed by atoms with van der Waals surface area (Å²) in [6.45, 7) is 3.81. The molecule has 92 valence electrons. The van der Waals surface area contributed by atoms with Crippen LogP contribution in [-0.2, 0) is 4.74 Å². The van der Waals surface area contributed by atoms with E-state index < -0.39 is 0 Å². The lowest BCUT2D eigenvalue weighted by molar-refractivity contribution is 0.00359. The molecule has 1 atom stereocenters. The summed E-state index contributed by atoms with van der Waals surface area (Å²) in [5.74, 6) is 0.00815. The van der Waals surface area contributed by atoms with Gasteiger partial charge in [-0.15, -0.1) is 0 Å². The number of ether oxygens (including phenoxy) is 1. The number of anilines is 1. The van der Waals surface area contributed by atoms with Crippen LogP contribution in [0.5, 0.6) is 0 Å². The topological polar surface area (TPSA) is 55.6 Å². The highest BCUT2D eigenvalue weighted by molar-refractivity contribution is 9.10. The highest BCUT2D eigenvalue weighted by atomic mass is 79.9. The molecule has 1 heterocycles. The van der Waals surface area contributed by atoms with Crippen molar-refractivity contribution in [3.05, 3.63) is 28.2 Å². The van der Waals surface area contributed by atoms with Gasteiger partial charge in [-0.2, -0.15) is 0 Å². The standard InChI is InChI=1S/C12H15BrN2O2/c1-8-7-17-3-2-15(8)12(16)9-4-10(13)6-11(14)5-9/h4-6,8H,2-3,7,14H2,1H3/t8-/m1/s1. The highest BCUT2D eigenvalue weighted by Crippen LogP contribution is 2.20. The van der Waals surface area contributed by atoms with Crippen LogP contribution in [0.2, 0.25) is 0 Å². The van der Waals surface area contributed by atoms with Gasteiger partial charge in [0.25, 0.3) is 5.91 Å². The number of carbonyl (C=O) groups is 1. The van der Waals surface area contributed by atoms with Gasteiger partial charge in [0.05, 0.1) is 19.3 Å². The van der Waals surface area contributed by atoms with E-state index in [0.29, 0.717) is 31.0 Å². The van der Waals surface area contributed by atoms with Crippen LogP contribution in [0.25, 0.3) is 0 Å². The zero-order chi connectivity index (χ0) is 12.4. The molecule has 0 spiro atoms. The summed E-state index contributed by atoms with van der Waals surface area (Å²) in [5, 5.41) is 0. The Labute approximate surface area is 109 Å². The summed E-state index contributed by atoms with van der Waals surface area (Å²) < 4.78 is 6.14. The molecule has 0 unspecified atom stereocenters. The molecule has 4 nitrogen and oxygen atoms in total. The Hall–Kier alpha value is -1.07. The average molecular weight is 299 g/mol. The second-order valence-corrected chi connectivity index (χ2v) is 5.11. The summed E-state index contributed by atoms with van der Waals surface area (Å²) in [6.07, 6.45) is 0. The van der Waals surface area contributed by atoms with Gasteiger partial charge in [0, 0.05) is 22.3 Å². The van der Waals surface area contributed by atoms with Gasteiger partial charge in [-0.3, -0.25) is 4.79 Å². The Morgan fingerprint density at radius 3 is 2.94 bits per heavy atom. The van der Waals surface area contributed by atoms with Crippen LogP contribution in [0.15, 0.2) is 22.7 Å². The van der Waals surface area contributed by atoms with Crippen molar-refractivity contribution >= 4 is 27.5 Å². The first-order valence-electron chi connectivity index (χ1n) is 5.52. The fourth-order valence-corrected chi connectivity index (χ4v) is 2.44. The minimum atomic E-state index is 0.00815. The van der Waals surface area contributed by atoms with Gasteiger partial charge in [-0.1, -0.05) is 15.9 Å². The summed E-state index contributed by atoms with van der Waals surface area (Å²) in [4.78, 5) is 14.1. The van der Waals surface area contributed by atoms with Crippen LogP contribution in [0.4, 0.5) is 5.69 Å². The maximum absolute atomic E-state index is 12.3. The molecule has 1 aliphatic heterocycles. The van der Waals surface area contributed by atoms with Crippen molar-refractivity contribution in [1.29, 1.82) is 0 Å². The lowest BCUT2D eigenvalue weighted by Gasteiger charge is -2.33. The molecule has 2 rings (SSSR count). The van der Waals surface area contributed by atoms with Crippen LogP contribution >= 0.6 is 15.9 Å². The molecule has 1 amide bonds. The van der Waals surface area contributed by atoms with E-state index in [-0.39, 0.29) is 11.9 Å². The molecule has 0 bridgehead atoms. The predicted octanol–water partition coefficient (Wildman–Crippen LogP) is 1.89. The van der Waals surface area contributed by atoms with Gasteiger partial charge in [0.15, 0.2) is 0 Å². The molecule has 0 radical (unpaired) electrons. The first-order chi connectivity index (χ1) is 8.08. The van der Waals surface area contributed by atoms with Crippen LogP contribution in [0.3, 0.4) is 0 Å². The predicted molar refractivity (Wildman–Crippen MR) is 69.9 cm³/mol. The summed E-state index contributed by atoms with van der Waals surface area (Å²) in [6, 6.07) is 5.38. The fraction of sp³-hybridized carbons (Fsp3) is 0.417. The first kappa shape index (κ1) is 12.4. The largest absolute Gasteiger partial charge is 0.399 e. The molecule has 0 saturated carbocycles. The monoisotopic (exact) mass is 298 g/mol. The van der Waals surface area contributed by atoms with Crippen molar-refractivity contribution in [2.75, 3.05) is 25.5 Å². The Balaban J connectivity index is 2.23. The lowest BCUT2D eigenvalue weighted by Crippen LogP contribution is -2.47. The Kier molecular flexibility index (Phi) is 3.69. The van der Waals surface area contributed by atoms with Gasteiger partial charge in [-0.05, 0) is 25.1 Å². The molecule has 1 fully saturated rings. The number of nitrogens with two attached hydrogens (primary N) is 1. The molecule has 1 aromatic rings. The number of nitrogen functional groups attached to an aromatic ring is 1. The van der Waals surface area contributed by atoms with Crippen molar-refractivity contribution in [1.82, 2.24) is 4.90 Å². The molecule has 1 saturated heterocycles. The highest BCUT2D eigenvalue weighted by Gasteiger charge is 2.24. The quantitative estimate of drug-likeness (QED) is 0.806. The van der Waals surface area contributed by atoms with E-state index in [2.05, 4.69) is 15.9 Å². The van der Waals surface area contributed by atoms with E-state index in [4.69, 9.17) is 10.5 Å². The third-order valence-corrected chi connectivity index (χ3v) is 3.25. The fourth-order valence-electron chi connectivity index (χ4n) is 1.93. The number of hydrogen-bond acceptors (Lipinski definition) is 3. The number of rotatable bonds is 1. The van der Waals surface area contributed by atoms with Crippen molar-refractivity contribution in [2.24, 2.45) is 0 Å². The number of carbonyl (C=O) groups excluding carboxylic acids is 1. The molecule has 0 aromatic heterocycles. The summed E-state index contributed by atoms with van der Waals surface area (Å²) in [5.41, 5.74) is 6.94. The molecule has 5 heteroatoms. The second-order valence-electron chi connectivity index (χ2n) is 4.20. The average Bonchev–Trinajstić information content (AvgIpc) is 2.27. The number of amides is 1. The first-order valence-corrected chi connectivity index (χ1v) is 6.32. The molecular weight excluding hydrogens is 284 g/mol. The van der Waals surface area contributed by atoms with Crippen LogP contribution in [0, 0.1) is 0 Å².